The van der Waals surface area contributed by atoms with Crippen molar-refractivity contribution in [2.45, 2.75) is 51.1 Å². The van der Waals surface area contributed by atoms with Gasteiger partial charge in [0.15, 0.2) is 0 Å². The van der Waals surface area contributed by atoms with Crippen LogP contribution in [0.15, 0.2) is 36.7 Å². The van der Waals surface area contributed by atoms with Gasteiger partial charge < -0.3 is 10.2 Å². The van der Waals surface area contributed by atoms with Gasteiger partial charge in [0.25, 0.3) is 5.91 Å². The van der Waals surface area contributed by atoms with Crippen LogP contribution in [0.2, 0.25) is 0 Å². The first kappa shape index (κ1) is 16.1. The molecule has 1 aromatic heterocycles. The maximum Gasteiger partial charge on any atom is 0.254 e. The Morgan fingerprint density at radius 1 is 1.04 bits per heavy atom. The van der Waals surface area contributed by atoms with Crippen LogP contribution in [0.3, 0.4) is 0 Å². The number of carbonyl (C=O) groups is 1. The zero-order chi connectivity index (χ0) is 17.1. The van der Waals surface area contributed by atoms with Crippen LogP contribution in [0.1, 0.15) is 53.6 Å². The summed E-state index contributed by atoms with van der Waals surface area (Å²) in [5, 5.41) is 3.11. The molecule has 0 saturated heterocycles. The van der Waals surface area contributed by atoms with E-state index < -0.39 is 0 Å². The summed E-state index contributed by atoms with van der Waals surface area (Å²) < 4.78 is 0. The molecule has 2 aliphatic rings. The molecule has 0 atom stereocenters. The molecule has 5 nitrogen and oxygen atoms in total. The number of carbonyl (C=O) groups excluding carboxylic acids is 1. The summed E-state index contributed by atoms with van der Waals surface area (Å²) in [5.41, 5.74) is 3.28. The lowest BCUT2D eigenvalue weighted by Crippen LogP contribution is -2.36. The lowest BCUT2D eigenvalue weighted by molar-refractivity contribution is 0.0927. The molecule has 1 aromatic carbocycles. The Morgan fingerprint density at radius 3 is 2.52 bits per heavy atom. The largest absolute Gasteiger partial charge is 0.349 e. The number of amides is 1. The molecule has 1 N–H and O–H groups in total. The fraction of sp³-hybridized carbons (Fsp3) is 0.450. The Hall–Kier alpha value is -2.43. The summed E-state index contributed by atoms with van der Waals surface area (Å²) in [4.78, 5) is 23.4. The van der Waals surface area contributed by atoms with E-state index in [9.17, 15) is 4.79 Å². The van der Waals surface area contributed by atoms with Crippen molar-refractivity contribution in [3.05, 3.63) is 53.3 Å². The van der Waals surface area contributed by atoms with Crippen molar-refractivity contribution >= 4 is 11.9 Å². The molecule has 2 heterocycles. The number of anilines is 1. The highest BCUT2D eigenvalue weighted by atomic mass is 16.1. The number of hydrogen-bond acceptors (Lipinski definition) is 4. The van der Waals surface area contributed by atoms with Crippen molar-refractivity contribution in [2.24, 2.45) is 0 Å². The van der Waals surface area contributed by atoms with E-state index in [2.05, 4.69) is 44.5 Å². The Kier molecular flexibility index (Phi) is 4.63. The van der Waals surface area contributed by atoms with E-state index in [0.717, 1.165) is 32.4 Å². The lowest BCUT2D eigenvalue weighted by atomic mass is 9.95. The van der Waals surface area contributed by atoms with E-state index in [-0.39, 0.29) is 5.91 Å². The minimum Gasteiger partial charge on any atom is -0.349 e. The van der Waals surface area contributed by atoms with Crippen LogP contribution in [-0.4, -0.2) is 28.5 Å². The monoisotopic (exact) mass is 336 g/mol. The second-order valence-electron chi connectivity index (χ2n) is 7.02. The average molecular weight is 336 g/mol. The Balaban J connectivity index is 1.41. The van der Waals surface area contributed by atoms with Crippen LogP contribution in [-0.2, 0) is 13.0 Å². The number of nitrogens with zero attached hydrogens (tertiary/aromatic N) is 3. The molecule has 25 heavy (non-hydrogen) atoms. The highest BCUT2D eigenvalue weighted by Crippen LogP contribution is 2.22. The Bertz CT molecular complexity index is 738. The number of aromatic nitrogens is 2. The summed E-state index contributed by atoms with van der Waals surface area (Å²) in [5.74, 6) is 0.645. The van der Waals surface area contributed by atoms with Crippen LogP contribution < -0.4 is 10.2 Å². The van der Waals surface area contributed by atoms with E-state index in [1.54, 1.807) is 12.4 Å². The maximum absolute atomic E-state index is 12.4. The van der Waals surface area contributed by atoms with Crippen molar-refractivity contribution in [1.82, 2.24) is 15.3 Å². The molecule has 0 bridgehead atoms. The second kappa shape index (κ2) is 7.21. The number of nitrogens with one attached hydrogen (secondary N) is 1. The van der Waals surface area contributed by atoms with E-state index in [1.807, 2.05) is 0 Å². The standard InChI is InChI=1S/C20H24N4O/c25-19(23-18-8-2-1-3-9-18)17-12-21-20(22-13-17)24-11-10-15-6-4-5-7-16(15)14-24/h4-7,12-13,18H,1-3,8-11,14H2,(H,23,25). The van der Waals surface area contributed by atoms with Crippen LogP contribution in [0, 0.1) is 0 Å². The van der Waals surface area contributed by atoms with Crippen LogP contribution >= 0.6 is 0 Å². The molecule has 1 aliphatic heterocycles. The van der Waals surface area contributed by atoms with Crippen molar-refractivity contribution in [3.63, 3.8) is 0 Å². The van der Waals surface area contributed by atoms with Crippen molar-refractivity contribution < 1.29 is 4.79 Å². The highest BCUT2D eigenvalue weighted by molar-refractivity contribution is 5.93. The molecule has 1 amide bonds. The van der Waals surface area contributed by atoms with Gasteiger partial charge in [0.05, 0.1) is 5.56 Å². The van der Waals surface area contributed by atoms with Crippen molar-refractivity contribution in [3.8, 4) is 0 Å². The van der Waals surface area contributed by atoms with Crippen molar-refractivity contribution in [1.29, 1.82) is 0 Å². The molecule has 1 saturated carbocycles. The molecule has 1 aliphatic carbocycles. The Morgan fingerprint density at radius 2 is 1.76 bits per heavy atom. The van der Waals surface area contributed by atoms with E-state index in [0.29, 0.717) is 17.6 Å². The van der Waals surface area contributed by atoms with Gasteiger partial charge in [-0.15, -0.1) is 0 Å². The molecule has 4 rings (SSSR count). The van der Waals surface area contributed by atoms with Gasteiger partial charge in [-0.3, -0.25) is 4.79 Å². The molecular formula is C20H24N4O. The van der Waals surface area contributed by atoms with Gasteiger partial charge in [0, 0.05) is 31.5 Å². The third kappa shape index (κ3) is 3.65. The molecule has 130 valence electrons. The predicted octanol–water partition coefficient (Wildman–Crippen LogP) is 3.10. The van der Waals surface area contributed by atoms with Gasteiger partial charge >= 0.3 is 0 Å². The SMILES string of the molecule is O=C(NC1CCCCC1)c1cnc(N2CCc3ccccc3C2)nc1. The number of rotatable bonds is 3. The number of fused-ring (bicyclic) bond motifs is 1. The van der Waals surface area contributed by atoms with Gasteiger partial charge in [-0.25, -0.2) is 9.97 Å². The zero-order valence-electron chi connectivity index (χ0n) is 14.4. The predicted molar refractivity (Wildman–Crippen MR) is 97.6 cm³/mol. The summed E-state index contributed by atoms with van der Waals surface area (Å²) in [6, 6.07) is 8.81. The fourth-order valence-corrected chi connectivity index (χ4v) is 3.78. The maximum atomic E-state index is 12.4. The molecule has 0 spiro atoms. The summed E-state index contributed by atoms with van der Waals surface area (Å²) in [7, 11) is 0. The van der Waals surface area contributed by atoms with Crippen LogP contribution in [0.4, 0.5) is 5.95 Å². The average Bonchev–Trinajstić information content (AvgIpc) is 2.68. The Labute approximate surface area is 148 Å². The van der Waals surface area contributed by atoms with Gasteiger partial charge in [-0.05, 0) is 30.4 Å². The number of benzene rings is 1. The van der Waals surface area contributed by atoms with E-state index in [4.69, 9.17) is 0 Å². The van der Waals surface area contributed by atoms with E-state index in [1.165, 1.54) is 30.4 Å². The van der Waals surface area contributed by atoms with Gasteiger partial charge in [-0.1, -0.05) is 43.5 Å². The molecular weight excluding hydrogens is 312 g/mol. The van der Waals surface area contributed by atoms with Crippen LogP contribution in [0.5, 0.6) is 0 Å². The van der Waals surface area contributed by atoms with E-state index >= 15 is 0 Å². The van der Waals surface area contributed by atoms with Crippen molar-refractivity contribution in [2.75, 3.05) is 11.4 Å². The number of hydrogen-bond donors (Lipinski definition) is 1. The first-order valence-corrected chi connectivity index (χ1v) is 9.24. The second-order valence-corrected chi connectivity index (χ2v) is 7.02. The minimum absolute atomic E-state index is 0.0533. The topological polar surface area (TPSA) is 58.1 Å². The minimum atomic E-state index is -0.0533. The molecule has 1 fully saturated rings. The van der Waals surface area contributed by atoms with Gasteiger partial charge in [0.2, 0.25) is 5.95 Å². The molecule has 0 unspecified atom stereocenters. The third-order valence-electron chi connectivity index (χ3n) is 5.25. The van der Waals surface area contributed by atoms with Gasteiger partial charge in [-0.2, -0.15) is 0 Å². The molecule has 0 radical (unpaired) electrons. The fourth-order valence-electron chi connectivity index (χ4n) is 3.78. The lowest BCUT2D eigenvalue weighted by Gasteiger charge is -2.28. The quantitative estimate of drug-likeness (QED) is 0.936. The van der Waals surface area contributed by atoms with Crippen LogP contribution in [0.25, 0.3) is 0 Å². The molecule has 2 aromatic rings. The summed E-state index contributed by atoms with van der Waals surface area (Å²) in [6.45, 7) is 1.73. The summed E-state index contributed by atoms with van der Waals surface area (Å²) in [6.07, 6.45) is 10.2. The highest BCUT2D eigenvalue weighted by Gasteiger charge is 2.20. The zero-order valence-corrected chi connectivity index (χ0v) is 14.4. The smallest absolute Gasteiger partial charge is 0.254 e. The van der Waals surface area contributed by atoms with Gasteiger partial charge in [0.1, 0.15) is 0 Å². The first-order chi connectivity index (χ1) is 12.3. The summed E-state index contributed by atoms with van der Waals surface area (Å²) >= 11 is 0. The third-order valence-corrected chi connectivity index (χ3v) is 5.25. The molecule has 5 heteroatoms. The first-order valence-electron chi connectivity index (χ1n) is 9.24. The normalized spacial score (nSPS) is 17.8.